The van der Waals surface area contributed by atoms with Crippen LogP contribution in [0.2, 0.25) is 0 Å². The van der Waals surface area contributed by atoms with Crippen LogP contribution in [-0.2, 0) is 16.4 Å². The molecule has 0 spiro atoms. The van der Waals surface area contributed by atoms with Crippen molar-refractivity contribution in [3.05, 3.63) is 22.1 Å². The van der Waals surface area contributed by atoms with E-state index >= 15 is 0 Å². The first-order valence-electron chi connectivity index (χ1n) is 4.62. The number of nitrogens with one attached hydrogen (secondary N) is 1. The third-order valence-electron chi connectivity index (χ3n) is 1.93. The average Bonchev–Trinajstić information content (AvgIpc) is 2.52. The first-order chi connectivity index (χ1) is 6.54. The second-order valence-corrected chi connectivity index (χ2v) is 6.05. The van der Waals surface area contributed by atoms with Crippen LogP contribution < -0.4 is 51.4 Å². The summed E-state index contributed by atoms with van der Waals surface area (Å²) < 4.78 is 21.9. The minimum atomic E-state index is -3.74. The molecule has 1 aromatic rings. The van der Waals surface area contributed by atoms with E-state index in [0.717, 1.165) is 24.1 Å². The maximum atomic E-state index is 10.9. The Morgan fingerprint density at radius 3 is 2.47 bits per heavy atom. The van der Waals surface area contributed by atoms with Crippen molar-refractivity contribution in [2.75, 3.05) is 0 Å². The van der Waals surface area contributed by atoms with E-state index in [4.69, 9.17) is 5.14 Å². The molecule has 0 aliphatic rings. The molecule has 3 nitrogen and oxygen atoms in total. The van der Waals surface area contributed by atoms with Gasteiger partial charge >= 0.3 is 51.4 Å². The zero-order valence-corrected chi connectivity index (χ0v) is 13.9. The Bertz CT molecular complexity index is 387. The Morgan fingerprint density at radius 1 is 1.33 bits per heavy atom. The fraction of sp³-hybridized carbons (Fsp3) is 0.556. The topological polar surface area (TPSA) is 57.9 Å². The van der Waals surface area contributed by atoms with E-state index in [2.05, 4.69) is 6.92 Å². The van der Waals surface area contributed by atoms with Gasteiger partial charge in [-0.25, -0.2) is 8.42 Å². The second-order valence-electron chi connectivity index (χ2n) is 3.18. The zero-order valence-electron chi connectivity index (χ0n) is 9.12. The van der Waals surface area contributed by atoms with Crippen molar-refractivity contribution in [2.45, 2.75) is 36.8 Å². The summed E-state index contributed by atoms with van der Waals surface area (Å²) in [5.74, 6) is 0. The third-order valence-corrected chi connectivity index (χ3v) is 4.44. The number of hydrogen-bond donors (Lipinski definition) is 0. The predicted octanol–water partition coefficient (Wildman–Crippen LogP) is 0.226. The summed E-state index contributed by atoms with van der Waals surface area (Å²) in [7, 11) is -3.74. The van der Waals surface area contributed by atoms with Crippen LogP contribution in [0.1, 0.15) is 31.1 Å². The number of hydrogen-bond acceptors (Lipinski definition) is 3. The van der Waals surface area contributed by atoms with E-state index in [1.165, 1.54) is 23.8 Å². The van der Waals surface area contributed by atoms with E-state index in [1.807, 2.05) is 6.07 Å². The number of thiophene rings is 1. The average molecular weight is 271 g/mol. The van der Waals surface area contributed by atoms with E-state index < -0.39 is 10.0 Å². The Labute approximate surface area is 138 Å². The molecule has 0 aliphatic carbocycles. The molecular weight excluding hydrogens is 257 g/mol. The monoisotopic (exact) mass is 271 g/mol. The van der Waals surface area contributed by atoms with Crippen molar-refractivity contribution >= 4 is 21.4 Å². The molecule has 0 amide bonds. The zero-order chi connectivity index (χ0) is 10.6. The molecule has 1 heterocycles. The van der Waals surface area contributed by atoms with Crippen LogP contribution in [0.4, 0.5) is 0 Å². The van der Waals surface area contributed by atoms with Gasteiger partial charge in [0.2, 0.25) is 0 Å². The van der Waals surface area contributed by atoms with Crippen LogP contribution in [0.5, 0.6) is 0 Å². The molecule has 80 valence electrons. The van der Waals surface area contributed by atoms with Crippen LogP contribution in [-0.4, -0.2) is 8.42 Å². The molecule has 0 unspecified atom stereocenters. The number of unbranched alkanes of at least 4 members (excludes halogenated alkanes) is 2. The van der Waals surface area contributed by atoms with Crippen LogP contribution in [0.3, 0.4) is 0 Å². The number of rotatable bonds is 5. The largest absolute Gasteiger partial charge is 1.00 e. The van der Waals surface area contributed by atoms with Crippen LogP contribution in [0, 0.1) is 0 Å². The van der Waals surface area contributed by atoms with Gasteiger partial charge in [0.15, 0.2) is 0 Å². The molecule has 0 saturated carbocycles. The van der Waals surface area contributed by atoms with Gasteiger partial charge in [-0.2, -0.15) is 0 Å². The molecule has 0 aromatic carbocycles. The maximum Gasteiger partial charge on any atom is 1.00 e. The smallest absolute Gasteiger partial charge is 0.559 e. The summed E-state index contributed by atoms with van der Waals surface area (Å²) in [5.41, 5.74) is 0. The van der Waals surface area contributed by atoms with Gasteiger partial charge < -0.3 is 5.14 Å². The normalized spacial score (nSPS) is 11.1. The molecule has 0 atom stereocenters. The van der Waals surface area contributed by atoms with Gasteiger partial charge in [-0.05, 0) is 25.0 Å². The van der Waals surface area contributed by atoms with Gasteiger partial charge in [-0.1, -0.05) is 19.8 Å². The molecule has 1 aromatic heterocycles. The summed E-state index contributed by atoms with van der Waals surface area (Å²) in [4.78, 5) is 1.06. The third kappa shape index (κ3) is 5.93. The van der Waals surface area contributed by atoms with Crippen molar-refractivity contribution in [1.29, 1.82) is 0 Å². The predicted molar refractivity (Wildman–Crippen MR) is 59.1 cm³/mol. The first-order valence-corrected chi connectivity index (χ1v) is 6.92. The summed E-state index contributed by atoms with van der Waals surface area (Å²) in [6.07, 6.45) is 4.35. The van der Waals surface area contributed by atoms with Gasteiger partial charge in [0.25, 0.3) is 0 Å². The minimum absolute atomic E-state index is 0. The summed E-state index contributed by atoms with van der Waals surface area (Å²) >= 11 is 1.21. The molecule has 0 radical (unpaired) electrons. The Morgan fingerprint density at radius 2 is 2.00 bits per heavy atom. The van der Waals surface area contributed by atoms with Crippen molar-refractivity contribution in [2.24, 2.45) is 0 Å². The molecule has 1 N–H and O–H groups in total. The molecule has 0 fully saturated rings. The number of sulfonamides is 1. The van der Waals surface area contributed by atoms with E-state index in [-0.39, 0.29) is 55.6 Å². The summed E-state index contributed by atoms with van der Waals surface area (Å²) in [6, 6.07) is 3.33. The van der Waals surface area contributed by atoms with Crippen molar-refractivity contribution < 1.29 is 59.8 Å². The van der Waals surface area contributed by atoms with E-state index in [1.54, 1.807) is 0 Å². The molecule has 0 saturated heterocycles. The van der Waals surface area contributed by atoms with Gasteiger partial charge in [0.1, 0.15) is 14.2 Å². The van der Waals surface area contributed by atoms with Crippen LogP contribution in [0.15, 0.2) is 16.3 Å². The molecular formula is C9H14KNO2S2. The standard InChI is InChI=1S/C9H14NO2S2.K/c1-2-3-4-5-8-6-7-9(13-8)14(10,11)12;/h6-7H,2-5H2,1H3,(H-,10,11,12);/q-1;+1. The molecule has 1 rings (SSSR count). The van der Waals surface area contributed by atoms with Gasteiger partial charge in [-0.15, -0.1) is 11.3 Å². The maximum absolute atomic E-state index is 10.9. The van der Waals surface area contributed by atoms with E-state index in [0.29, 0.717) is 0 Å². The van der Waals surface area contributed by atoms with Crippen molar-refractivity contribution in [3.63, 3.8) is 0 Å². The van der Waals surface area contributed by atoms with Gasteiger partial charge in [0.05, 0.1) is 0 Å². The Hall–Kier alpha value is 1.25. The van der Waals surface area contributed by atoms with Crippen molar-refractivity contribution in [1.82, 2.24) is 0 Å². The second kappa shape index (κ2) is 7.55. The molecule has 0 bridgehead atoms. The molecule has 0 aliphatic heterocycles. The Kier molecular flexibility index (Phi) is 8.18. The fourth-order valence-electron chi connectivity index (χ4n) is 1.19. The first kappa shape index (κ1) is 16.2. The quantitative estimate of drug-likeness (QED) is 0.568. The SMILES string of the molecule is CCCCCc1ccc(S([NH-])(=O)=O)s1.[K+]. The van der Waals surface area contributed by atoms with Gasteiger partial charge in [0, 0.05) is 4.88 Å². The Balaban J connectivity index is 0.00000196. The minimum Gasteiger partial charge on any atom is -0.559 e. The summed E-state index contributed by atoms with van der Waals surface area (Å²) in [6.45, 7) is 2.13. The number of aryl methyl sites for hydroxylation is 1. The van der Waals surface area contributed by atoms with Gasteiger partial charge in [-0.3, -0.25) is 0 Å². The molecule has 15 heavy (non-hydrogen) atoms. The van der Waals surface area contributed by atoms with Crippen molar-refractivity contribution in [3.8, 4) is 0 Å². The van der Waals surface area contributed by atoms with E-state index in [9.17, 15) is 8.42 Å². The summed E-state index contributed by atoms with van der Waals surface area (Å²) in [5, 5.41) is 6.88. The molecule has 6 heteroatoms. The van der Waals surface area contributed by atoms with Crippen LogP contribution in [0.25, 0.3) is 5.14 Å². The fourth-order valence-corrected chi connectivity index (χ4v) is 2.97. The van der Waals surface area contributed by atoms with Crippen LogP contribution >= 0.6 is 11.3 Å².